The lowest BCUT2D eigenvalue weighted by atomic mass is 9.95. The van der Waals surface area contributed by atoms with Gasteiger partial charge in [-0.1, -0.05) is 26.7 Å². The minimum absolute atomic E-state index is 0.424. The summed E-state index contributed by atoms with van der Waals surface area (Å²) < 4.78 is 2.00. The highest BCUT2D eigenvalue weighted by atomic mass is 15.3. The zero-order valence-corrected chi connectivity index (χ0v) is 11.2. The summed E-state index contributed by atoms with van der Waals surface area (Å²) in [7, 11) is 4.06. The van der Waals surface area contributed by atoms with Crippen molar-refractivity contribution in [2.24, 2.45) is 13.0 Å². The van der Waals surface area contributed by atoms with Crippen LogP contribution in [0.3, 0.4) is 0 Å². The molecule has 2 unspecified atom stereocenters. The highest BCUT2D eigenvalue weighted by molar-refractivity contribution is 5.13. The fraction of sp³-hybridized carbons (Fsp3) is 0.769. The largest absolute Gasteiger partial charge is 0.312 e. The van der Waals surface area contributed by atoms with Gasteiger partial charge in [0.05, 0.1) is 11.4 Å². The minimum atomic E-state index is 0.424. The number of hydrogen-bond acceptors (Lipinski definition) is 2. The van der Waals surface area contributed by atoms with Crippen LogP contribution < -0.4 is 5.32 Å². The van der Waals surface area contributed by atoms with Gasteiger partial charge in [-0.05, 0) is 32.4 Å². The molecule has 92 valence electrons. The molecule has 1 rings (SSSR count). The zero-order valence-electron chi connectivity index (χ0n) is 11.2. The van der Waals surface area contributed by atoms with E-state index in [2.05, 4.69) is 30.3 Å². The Morgan fingerprint density at radius 1 is 1.50 bits per heavy atom. The lowest BCUT2D eigenvalue weighted by molar-refractivity contribution is 0.392. The van der Waals surface area contributed by atoms with Gasteiger partial charge in [0.25, 0.3) is 0 Å². The van der Waals surface area contributed by atoms with Crippen LogP contribution >= 0.6 is 0 Å². The van der Waals surface area contributed by atoms with E-state index in [0.29, 0.717) is 6.04 Å². The second kappa shape index (κ2) is 6.04. The highest BCUT2D eigenvalue weighted by Gasteiger charge is 2.16. The number of rotatable bonds is 6. The van der Waals surface area contributed by atoms with Crippen molar-refractivity contribution in [2.75, 3.05) is 7.05 Å². The van der Waals surface area contributed by atoms with Gasteiger partial charge in [-0.15, -0.1) is 0 Å². The molecule has 1 N–H and O–H groups in total. The van der Waals surface area contributed by atoms with Crippen LogP contribution in [-0.2, 0) is 7.05 Å². The smallest absolute Gasteiger partial charge is 0.0597 e. The van der Waals surface area contributed by atoms with Crippen LogP contribution in [0.4, 0.5) is 0 Å². The molecular weight excluding hydrogens is 198 g/mol. The average Bonchev–Trinajstić information content (AvgIpc) is 2.55. The molecule has 0 spiro atoms. The Bertz CT molecular complexity index is 317. The van der Waals surface area contributed by atoms with E-state index in [1.165, 1.54) is 25.0 Å². The topological polar surface area (TPSA) is 29.9 Å². The van der Waals surface area contributed by atoms with E-state index >= 15 is 0 Å². The summed E-state index contributed by atoms with van der Waals surface area (Å²) in [5.41, 5.74) is 2.39. The lowest BCUT2D eigenvalue weighted by Gasteiger charge is -2.20. The first-order valence-electron chi connectivity index (χ1n) is 6.26. The van der Waals surface area contributed by atoms with Gasteiger partial charge < -0.3 is 5.32 Å². The third-order valence-corrected chi connectivity index (χ3v) is 3.16. The van der Waals surface area contributed by atoms with E-state index in [0.717, 1.165) is 11.6 Å². The summed E-state index contributed by atoms with van der Waals surface area (Å²) in [5.74, 6) is 0.762. The normalized spacial score (nSPS) is 15.1. The van der Waals surface area contributed by atoms with Gasteiger partial charge >= 0.3 is 0 Å². The fourth-order valence-corrected chi connectivity index (χ4v) is 2.36. The van der Waals surface area contributed by atoms with Gasteiger partial charge in [0.1, 0.15) is 0 Å². The molecule has 1 aromatic heterocycles. The van der Waals surface area contributed by atoms with Crippen LogP contribution in [0.25, 0.3) is 0 Å². The SMILES string of the molecule is CCCC(C)CC(NC)c1cc(C)nn1C. The molecule has 0 fully saturated rings. The second-order valence-corrected chi connectivity index (χ2v) is 4.81. The Hall–Kier alpha value is -0.830. The third kappa shape index (κ3) is 3.34. The van der Waals surface area contributed by atoms with Crippen molar-refractivity contribution >= 4 is 0 Å². The summed E-state index contributed by atoms with van der Waals surface area (Å²) in [6.07, 6.45) is 3.75. The van der Waals surface area contributed by atoms with Gasteiger partial charge in [0.2, 0.25) is 0 Å². The third-order valence-electron chi connectivity index (χ3n) is 3.16. The molecule has 0 radical (unpaired) electrons. The maximum absolute atomic E-state index is 4.41. The Kier molecular flexibility index (Phi) is 5.00. The second-order valence-electron chi connectivity index (χ2n) is 4.81. The predicted molar refractivity (Wildman–Crippen MR) is 68.4 cm³/mol. The first-order chi connectivity index (χ1) is 7.58. The molecule has 0 aliphatic rings. The molecule has 0 saturated heterocycles. The van der Waals surface area contributed by atoms with Gasteiger partial charge in [-0.3, -0.25) is 4.68 Å². The Balaban J connectivity index is 2.70. The predicted octanol–water partition coefficient (Wildman–Crippen LogP) is 2.82. The van der Waals surface area contributed by atoms with Gasteiger partial charge in [-0.2, -0.15) is 5.10 Å². The van der Waals surface area contributed by atoms with E-state index in [1.54, 1.807) is 0 Å². The molecule has 1 aromatic rings. The van der Waals surface area contributed by atoms with Crippen molar-refractivity contribution in [3.05, 3.63) is 17.5 Å². The lowest BCUT2D eigenvalue weighted by Crippen LogP contribution is -2.21. The van der Waals surface area contributed by atoms with Crippen LogP contribution in [-0.4, -0.2) is 16.8 Å². The Morgan fingerprint density at radius 3 is 2.62 bits per heavy atom. The Morgan fingerprint density at radius 2 is 2.19 bits per heavy atom. The summed E-state index contributed by atoms with van der Waals surface area (Å²) in [4.78, 5) is 0. The molecule has 0 saturated carbocycles. The van der Waals surface area contributed by atoms with Crippen LogP contribution in [0.2, 0.25) is 0 Å². The zero-order chi connectivity index (χ0) is 12.1. The molecule has 2 atom stereocenters. The molecule has 0 aliphatic carbocycles. The van der Waals surface area contributed by atoms with Gasteiger partial charge in [0, 0.05) is 13.1 Å². The molecule has 0 aliphatic heterocycles. The molecule has 0 amide bonds. The van der Waals surface area contributed by atoms with Crippen molar-refractivity contribution in [1.29, 1.82) is 0 Å². The number of nitrogens with zero attached hydrogens (tertiary/aromatic N) is 2. The Labute approximate surface area is 99.2 Å². The van der Waals surface area contributed by atoms with Crippen molar-refractivity contribution < 1.29 is 0 Å². The van der Waals surface area contributed by atoms with E-state index in [1.807, 2.05) is 25.7 Å². The number of hydrogen-bond donors (Lipinski definition) is 1. The van der Waals surface area contributed by atoms with Crippen LogP contribution in [0, 0.1) is 12.8 Å². The number of aryl methyl sites for hydroxylation is 2. The molecule has 0 aromatic carbocycles. The number of nitrogens with one attached hydrogen (secondary N) is 1. The highest BCUT2D eigenvalue weighted by Crippen LogP contribution is 2.23. The average molecular weight is 223 g/mol. The fourth-order valence-electron chi connectivity index (χ4n) is 2.36. The molecule has 3 nitrogen and oxygen atoms in total. The molecule has 3 heteroatoms. The number of aromatic nitrogens is 2. The van der Waals surface area contributed by atoms with Crippen molar-refractivity contribution in [1.82, 2.24) is 15.1 Å². The van der Waals surface area contributed by atoms with E-state index < -0.39 is 0 Å². The molecule has 16 heavy (non-hydrogen) atoms. The van der Waals surface area contributed by atoms with Crippen LogP contribution in [0.15, 0.2) is 6.07 Å². The summed E-state index contributed by atoms with van der Waals surface area (Å²) in [6.45, 7) is 6.63. The minimum Gasteiger partial charge on any atom is -0.312 e. The van der Waals surface area contributed by atoms with Gasteiger partial charge in [0.15, 0.2) is 0 Å². The van der Waals surface area contributed by atoms with Crippen molar-refractivity contribution in [2.45, 2.75) is 46.1 Å². The monoisotopic (exact) mass is 223 g/mol. The van der Waals surface area contributed by atoms with Crippen LogP contribution in [0.5, 0.6) is 0 Å². The van der Waals surface area contributed by atoms with E-state index in [-0.39, 0.29) is 0 Å². The first-order valence-corrected chi connectivity index (χ1v) is 6.26. The van der Waals surface area contributed by atoms with Crippen molar-refractivity contribution in [3.63, 3.8) is 0 Å². The standard InChI is InChI=1S/C13H25N3/c1-6-7-10(2)8-12(14-4)13-9-11(3)15-16(13)5/h9-10,12,14H,6-8H2,1-5H3. The van der Waals surface area contributed by atoms with Crippen molar-refractivity contribution in [3.8, 4) is 0 Å². The van der Waals surface area contributed by atoms with E-state index in [9.17, 15) is 0 Å². The summed E-state index contributed by atoms with van der Waals surface area (Å²) in [6, 6.07) is 2.60. The maximum Gasteiger partial charge on any atom is 0.0597 e. The molecular formula is C13H25N3. The van der Waals surface area contributed by atoms with Crippen LogP contribution in [0.1, 0.15) is 50.5 Å². The summed E-state index contributed by atoms with van der Waals surface area (Å²) >= 11 is 0. The quantitative estimate of drug-likeness (QED) is 0.803. The maximum atomic E-state index is 4.41. The molecule has 0 bridgehead atoms. The van der Waals surface area contributed by atoms with Gasteiger partial charge in [-0.25, -0.2) is 0 Å². The summed E-state index contributed by atoms with van der Waals surface area (Å²) in [5, 5.41) is 7.81. The molecule has 1 heterocycles. The van der Waals surface area contributed by atoms with E-state index in [4.69, 9.17) is 0 Å². The first kappa shape index (κ1) is 13.2.